The predicted octanol–water partition coefficient (Wildman–Crippen LogP) is 5.62. The van der Waals surface area contributed by atoms with Gasteiger partial charge in [-0.15, -0.1) is 0 Å². The Kier molecular flexibility index (Phi) is 4.34. The molecule has 0 saturated heterocycles. The molecule has 2 amide bonds. The first-order chi connectivity index (χ1) is 12.6. The van der Waals surface area contributed by atoms with Crippen LogP contribution >= 0.6 is 11.6 Å². The van der Waals surface area contributed by atoms with Gasteiger partial charge in [0.15, 0.2) is 0 Å². The average Bonchev–Trinajstić information content (AvgIpc) is 2.54. The normalized spacial score (nSPS) is 36.5. The summed E-state index contributed by atoms with van der Waals surface area (Å²) in [5.41, 5.74) is 1.53. The van der Waals surface area contributed by atoms with Crippen molar-refractivity contribution in [1.29, 1.82) is 0 Å². The Hall–Kier alpha value is -1.55. The minimum Gasteiger partial charge on any atom is -0.326 e. The number of hydrogen-bond acceptors (Lipinski definition) is 2. The van der Waals surface area contributed by atoms with Crippen LogP contribution in [0.2, 0.25) is 5.02 Å². The maximum Gasteiger partial charge on any atom is 0.230 e. The second-order valence-electron chi connectivity index (χ2n) is 9.96. The third-order valence-corrected chi connectivity index (χ3v) is 7.26. The van der Waals surface area contributed by atoms with Crippen LogP contribution in [0.25, 0.3) is 0 Å². The van der Waals surface area contributed by atoms with E-state index in [4.69, 9.17) is 11.6 Å². The molecule has 4 aliphatic carbocycles. The highest BCUT2D eigenvalue weighted by Crippen LogP contribution is 2.69. The molecule has 5 rings (SSSR count). The molecule has 1 aromatic carbocycles. The largest absolute Gasteiger partial charge is 0.326 e. The number of carbonyl (C=O) groups is 2. The van der Waals surface area contributed by atoms with E-state index < -0.39 is 0 Å². The second kappa shape index (κ2) is 6.23. The van der Waals surface area contributed by atoms with Gasteiger partial charge in [0, 0.05) is 12.1 Å². The van der Waals surface area contributed by atoms with E-state index in [0.29, 0.717) is 28.7 Å². The molecule has 0 radical (unpaired) electrons. The first-order valence-corrected chi connectivity index (χ1v) is 10.4. The molecule has 0 spiro atoms. The number of rotatable bonds is 4. The zero-order valence-corrected chi connectivity index (χ0v) is 17.2. The van der Waals surface area contributed by atoms with E-state index in [1.807, 2.05) is 6.92 Å². The SMILES string of the molecule is CCC(=O)Nc1ccc(Cl)c(NC(=O)C23CC4CC(C)(CC(C)(C4)C2)C3)c1. The summed E-state index contributed by atoms with van der Waals surface area (Å²) in [5, 5.41) is 6.44. The number of amides is 2. The van der Waals surface area contributed by atoms with Gasteiger partial charge in [-0.3, -0.25) is 9.59 Å². The number of anilines is 2. The summed E-state index contributed by atoms with van der Waals surface area (Å²) in [7, 11) is 0. The lowest BCUT2D eigenvalue weighted by atomic mass is 9.40. The highest BCUT2D eigenvalue weighted by molar-refractivity contribution is 6.34. The Labute approximate surface area is 166 Å². The van der Waals surface area contributed by atoms with Gasteiger partial charge < -0.3 is 10.6 Å². The number of carbonyl (C=O) groups excluding carboxylic acids is 2. The van der Waals surface area contributed by atoms with Crippen molar-refractivity contribution in [3.05, 3.63) is 23.2 Å². The first kappa shape index (κ1) is 18.8. The first-order valence-electron chi connectivity index (χ1n) is 10.1. The Morgan fingerprint density at radius 3 is 2.33 bits per heavy atom. The minimum atomic E-state index is -0.283. The molecule has 2 unspecified atom stereocenters. The van der Waals surface area contributed by atoms with E-state index in [9.17, 15) is 9.59 Å². The van der Waals surface area contributed by atoms with Crippen LogP contribution in [0.4, 0.5) is 11.4 Å². The zero-order chi connectivity index (χ0) is 19.4. The summed E-state index contributed by atoms with van der Waals surface area (Å²) in [5.74, 6) is 0.703. The van der Waals surface area contributed by atoms with Crippen LogP contribution in [0.5, 0.6) is 0 Å². The van der Waals surface area contributed by atoms with Crippen LogP contribution in [0, 0.1) is 22.2 Å². The van der Waals surface area contributed by atoms with Gasteiger partial charge in [-0.25, -0.2) is 0 Å². The maximum absolute atomic E-state index is 13.4. The van der Waals surface area contributed by atoms with Crippen LogP contribution in [0.3, 0.4) is 0 Å². The van der Waals surface area contributed by atoms with Crippen LogP contribution < -0.4 is 10.6 Å². The molecular weight excluding hydrogens is 360 g/mol. The van der Waals surface area contributed by atoms with E-state index in [1.165, 1.54) is 19.3 Å². The average molecular weight is 389 g/mol. The summed E-state index contributed by atoms with van der Waals surface area (Å²) in [6.07, 6.45) is 7.11. The topological polar surface area (TPSA) is 58.2 Å². The van der Waals surface area contributed by atoms with Gasteiger partial charge >= 0.3 is 0 Å². The van der Waals surface area contributed by atoms with E-state index >= 15 is 0 Å². The molecule has 4 fully saturated rings. The molecule has 4 bridgehead atoms. The summed E-state index contributed by atoms with van der Waals surface area (Å²) in [6, 6.07) is 5.25. The number of benzene rings is 1. The van der Waals surface area contributed by atoms with E-state index in [0.717, 1.165) is 19.3 Å². The van der Waals surface area contributed by atoms with Gasteiger partial charge in [-0.2, -0.15) is 0 Å². The van der Waals surface area contributed by atoms with Gasteiger partial charge in [0.25, 0.3) is 0 Å². The third kappa shape index (κ3) is 3.37. The fraction of sp³-hybridized carbons (Fsp3) is 0.636. The lowest BCUT2D eigenvalue weighted by Gasteiger charge is -2.64. The van der Waals surface area contributed by atoms with Crippen molar-refractivity contribution >= 4 is 34.8 Å². The van der Waals surface area contributed by atoms with Crippen molar-refractivity contribution in [3.63, 3.8) is 0 Å². The molecule has 4 saturated carbocycles. The van der Waals surface area contributed by atoms with Gasteiger partial charge in [0.1, 0.15) is 0 Å². The van der Waals surface area contributed by atoms with Crippen LogP contribution in [-0.4, -0.2) is 11.8 Å². The molecule has 146 valence electrons. The number of halogens is 1. The van der Waals surface area contributed by atoms with Gasteiger partial charge in [-0.05, 0) is 73.5 Å². The van der Waals surface area contributed by atoms with E-state index in [1.54, 1.807) is 18.2 Å². The molecule has 2 atom stereocenters. The Bertz CT molecular complexity index is 788. The minimum absolute atomic E-state index is 0.0588. The van der Waals surface area contributed by atoms with Gasteiger partial charge in [-0.1, -0.05) is 32.4 Å². The molecule has 0 aromatic heterocycles. The quantitative estimate of drug-likeness (QED) is 0.702. The van der Waals surface area contributed by atoms with Crippen molar-refractivity contribution in [2.24, 2.45) is 22.2 Å². The monoisotopic (exact) mass is 388 g/mol. The Balaban J connectivity index is 1.58. The molecule has 2 N–H and O–H groups in total. The van der Waals surface area contributed by atoms with Crippen LogP contribution in [0.1, 0.15) is 65.7 Å². The molecule has 4 aliphatic rings. The lowest BCUT2D eigenvalue weighted by molar-refractivity contribution is -0.165. The highest BCUT2D eigenvalue weighted by atomic mass is 35.5. The lowest BCUT2D eigenvalue weighted by Crippen LogP contribution is -2.58. The van der Waals surface area contributed by atoms with Crippen molar-refractivity contribution < 1.29 is 9.59 Å². The molecule has 0 aliphatic heterocycles. The van der Waals surface area contributed by atoms with Crippen molar-refractivity contribution in [3.8, 4) is 0 Å². The number of nitrogens with one attached hydrogen (secondary N) is 2. The smallest absolute Gasteiger partial charge is 0.230 e. The fourth-order valence-electron chi connectivity index (χ4n) is 6.90. The standard InChI is InChI=1S/C22H29ClN2O2/c1-4-18(26)24-15-5-6-16(23)17(7-15)25-19(27)22-10-14-8-20(2,12-22)11-21(3,9-14)13-22/h5-7,14H,4,8-13H2,1-3H3,(H,24,26)(H,25,27). The van der Waals surface area contributed by atoms with Crippen LogP contribution in [-0.2, 0) is 9.59 Å². The summed E-state index contributed by atoms with van der Waals surface area (Å²) < 4.78 is 0. The highest BCUT2D eigenvalue weighted by Gasteiger charge is 2.62. The van der Waals surface area contributed by atoms with Gasteiger partial charge in [0.2, 0.25) is 11.8 Å². The number of hydrogen-bond donors (Lipinski definition) is 2. The molecule has 5 heteroatoms. The van der Waals surface area contributed by atoms with Crippen molar-refractivity contribution in [2.75, 3.05) is 10.6 Å². The summed E-state index contributed by atoms with van der Waals surface area (Å²) in [6.45, 7) is 6.54. The Morgan fingerprint density at radius 1 is 1.07 bits per heavy atom. The summed E-state index contributed by atoms with van der Waals surface area (Å²) in [4.78, 5) is 25.1. The van der Waals surface area contributed by atoms with Crippen LogP contribution in [0.15, 0.2) is 18.2 Å². The fourth-order valence-corrected chi connectivity index (χ4v) is 7.07. The maximum atomic E-state index is 13.4. The zero-order valence-electron chi connectivity index (χ0n) is 16.5. The molecule has 27 heavy (non-hydrogen) atoms. The second-order valence-corrected chi connectivity index (χ2v) is 10.4. The van der Waals surface area contributed by atoms with Gasteiger partial charge in [0.05, 0.1) is 16.1 Å². The molecule has 1 aromatic rings. The molecule has 0 heterocycles. The summed E-state index contributed by atoms with van der Waals surface area (Å²) >= 11 is 6.35. The van der Waals surface area contributed by atoms with Crippen molar-refractivity contribution in [1.82, 2.24) is 0 Å². The van der Waals surface area contributed by atoms with Crippen molar-refractivity contribution in [2.45, 2.75) is 65.7 Å². The van der Waals surface area contributed by atoms with E-state index in [2.05, 4.69) is 24.5 Å². The van der Waals surface area contributed by atoms with E-state index in [-0.39, 0.29) is 28.1 Å². The predicted molar refractivity (Wildman–Crippen MR) is 109 cm³/mol. The molecular formula is C22H29ClN2O2. The third-order valence-electron chi connectivity index (χ3n) is 6.93. The Morgan fingerprint density at radius 2 is 1.74 bits per heavy atom. The molecule has 4 nitrogen and oxygen atoms in total.